The Labute approximate surface area is 206 Å². The van der Waals surface area contributed by atoms with E-state index in [-0.39, 0.29) is 11.2 Å². The van der Waals surface area contributed by atoms with Gasteiger partial charge in [-0.05, 0) is 36.4 Å². The Balaban J connectivity index is 1.75. The summed E-state index contributed by atoms with van der Waals surface area (Å²) in [5, 5.41) is 2.95. The number of hydrogen-bond acceptors (Lipinski definition) is 6. The van der Waals surface area contributed by atoms with Crippen LogP contribution in [0.2, 0.25) is 0 Å². The van der Waals surface area contributed by atoms with Crippen molar-refractivity contribution in [2.75, 3.05) is 48.6 Å². The summed E-state index contributed by atoms with van der Waals surface area (Å²) >= 11 is 3.15. The van der Waals surface area contributed by atoms with Crippen molar-refractivity contribution in [2.24, 2.45) is 0 Å². The van der Waals surface area contributed by atoms with Gasteiger partial charge in [0.15, 0.2) is 5.60 Å². The van der Waals surface area contributed by atoms with Gasteiger partial charge < -0.3 is 24.6 Å². The minimum atomic E-state index is -1.15. The number of carbonyl (C=O) groups is 2. The second kappa shape index (κ2) is 8.06. The van der Waals surface area contributed by atoms with Crippen molar-refractivity contribution in [3.63, 3.8) is 0 Å². The van der Waals surface area contributed by atoms with Crippen LogP contribution in [-0.2, 0) is 15.1 Å². The van der Waals surface area contributed by atoms with Crippen LogP contribution in [0.25, 0.3) is 0 Å². The van der Waals surface area contributed by atoms with Crippen LogP contribution < -0.4 is 19.9 Å². The number of benzene rings is 3. The van der Waals surface area contributed by atoms with E-state index in [0.29, 0.717) is 22.7 Å². The Morgan fingerprint density at radius 3 is 1.97 bits per heavy atom. The number of esters is 1. The maximum Gasteiger partial charge on any atom is 0.340 e. The maximum atomic E-state index is 13.2. The van der Waals surface area contributed by atoms with Crippen LogP contribution in [-0.4, -0.2) is 45.4 Å². The quantitative estimate of drug-likeness (QED) is 0.395. The van der Waals surface area contributed by atoms with Crippen molar-refractivity contribution in [1.82, 2.24) is 0 Å². The van der Waals surface area contributed by atoms with Crippen molar-refractivity contribution in [1.29, 1.82) is 0 Å². The first kappa shape index (κ1) is 22.3. The smallest absolute Gasteiger partial charge is 0.340 e. The highest BCUT2D eigenvalue weighted by Gasteiger charge is 2.53. The number of nitrogens with one attached hydrogen (secondary N) is 1. The second-order valence-electron chi connectivity index (χ2n) is 8.76. The van der Waals surface area contributed by atoms with E-state index in [2.05, 4.69) is 21.2 Å². The topological polar surface area (TPSA) is 71.1 Å². The molecule has 1 spiro atoms. The Morgan fingerprint density at radius 2 is 1.44 bits per heavy atom. The molecule has 2 aliphatic heterocycles. The SMILES string of the molecule is CN(C)c1ccc2c(c1)Oc1cc(N(C)C)ccc1C21OC(=O)c2cc(NC(=O)CBr)ccc21. The highest BCUT2D eigenvalue weighted by molar-refractivity contribution is 9.09. The van der Waals surface area contributed by atoms with Gasteiger partial charge in [0, 0.05) is 74.1 Å². The van der Waals surface area contributed by atoms with Gasteiger partial charge in [0.1, 0.15) is 11.5 Å². The van der Waals surface area contributed by atoms with Crippen LogP contribution >= 0.6 is 15.9 Å². The van der Waals surface area contributed by atoms with Gasteiger partial charge >= 0.3 is 5.97 Å². The number of halogens is 1. The standard InChI is InChI=1S/C26H24BrN3O4/c1-29(2)16-6-9-20-22(12-16)33-23-13-17(30(3)4)7-10-21(23)26(20)19-8-5-15(28-24(31)14-27)11-18(19)25(32)34-26/h5-13H,14H2,1-4H3,(H,28,31). The molecule has 3 aromatic rings. The van der Waals surface area contributed by atoms with Crippen molar-refractivity contribution in [2.45, 2.75) is 5.60 Å². The summed E-state index contributed by atoms with van der Waals surface area (Å²) in [6.45, 7) is 0. The van der Waals surface area contributed by atoms with Crippen molar-refractivity contribution in [3.8, 4) is 11.5 Å². The maximum absolute atomic E-state index is 13.2. The number of ether oxygens (including phenoxy) is 2. The molecule has 2 aliphatic rings. The van der Waals surface area contributed by atoms with Gasteiger partial charge in [0.2, 0.25) is 5.91 Å². The molecule has 1 N–H and O–H groups in total. The van der Waals surface area contributed by atoms with Gasteiger partial charge in [0.25, 0.3) is 0 Å². The third-order valence-electron chi connectivity index (χ3n) is 6.21. The van der Waals surface area contributed by atoms with E-state index in [0.717, 1.165) is 28.1 Å². The molecule has 3 aromatic carbocycles. The molecule has 7 nitrogen and oxygen atoms in total. The molecule has 34 heavy (non-hydrogen) atoms. The van der Waals surface area contributed by atoms with E-state index in [1.54, 1.807) is 12.1 Å². The van der Waals surface area contributed by atoms with Crippen molar-refractivity contribution < 1.29 is 19.1 Å². The third kappa shape index (κ3) is 3.32. The van der Waals surface area contributed by atoms with Crippen molar-refractivity contribution in [3.05, 3.63) is 76.9 Å². The molecule has 0 aliphatic carbocycles. The van der Waals surface area contributed by atoms with Crippen LogP contribution in [0.5, 0.6) is 11.5 Å². The summed E-state index contributed by atoms with van der Waals surface area (Å²) in [5.41, 5.74) is 3.98. The monoisotopic (exact) mass is 521 g/mol. The number of anilines is 3. The average Bonchev–Trinajstić information content (AvgIpc) is 3.10. The Kier molecular flexibility index (Phi) is 5.28. The summed E-state index contributed by atoms with van der Waals surface area (Å²) in [6.07, 6.45) is 0. The number of alkyl halides is 1. The number of fused-ring (bicyclic) bond motifs is 6. The summed E-state index contributed by atoms with van der Waals surface area (Å²) < 4.78 is 12.6. The number of hydrogen-bond donors (Lipinski definition) is 1. The Morgan fingerprint density at radius 1 is 0.882 bits per heavy atom. The predicted octanol–water partition coefficient (Wildman–Crippen LogP) is 4.72. The molecule has 174 valence electrons. The molecule has 5 rings (SSSR count). The zero-order valence-electron chi connectivity index (χ0n) is 19.3. The molecule has 2 heterocycles. The molecule has 0 fully saturated rings. The lowest BCUT2D eigenvalue weighted by Crippen LogP contribution is -2.33. The van der Waals surface area contributed by atoms with Gasteiger partial charge in [-0.15, -0.1) is 0 Å². The summed E-state index contributed by atoms with van der Waals surface area (Å²) in [4.78, 5) is 29.1. The van der Waals surface area contributed by atoms with Gasteiger partial charge in [0.05, 0.1) is 10.9 Å². The zero-order chi connectivity index (χ0) is 24.2. The Bertz CT molecular complexity index is 1280. The fourth-order valence-electron chi connectivity index (χ4n) is 4.53. The number of nitrogens with zero attached hydrogens (tertiary/aromatic N) is 2. The normalized spacial score (nSPS) is 14.4. The van der Waals surface area contributed by atoms with Gasteiger partial charge in [-0.25, -0.2) is 4.79 Å². The van der Waals surface area contributed by atoms with E-state index < -0.39 is 11.6 Å². The molecule has 0 bridgehead atoms. The fraction of sp³-hybridized carbons (Fsp3) is 0.231. The summed E-state index contributed by atoms with van der Waals surface area (Å²) in [7, 11) is 7.86. The highest BCUT2D eigenvalue weighted by atomic mass is 79.9. The number of rotatable bonds is 4. The predicted molar refractivity (Wildman–Crippen MR) is 136 cm³/mol. The second-order valence-corrected chi connectivity index (χ2v) is 9.33. The average molecular weight is 522 g/mol. The largest absolute Gasteiger partial charge is 0.456 e. The molecule has 8 heteroatoms. The van der Waals surface area contributed by atoms with Gasteiger partial charge in [-0.2, -0.15) is 0 Å². The van der Waals surface area contributed by atoms with Crippen LogP contribution in [0.4, 0.5) is 17.1 Å². The van der Waals surface area contributed by atoms with Crippen LogP contribution in [0.3, 0.4) is 0 Å². The third-order valence-corrected chi connectivity index (χ3v) is 6.72. The lowest BCUT2D eigenvalue weighted by molar-refractivity contribution is -0.113. The van der Waals surface area contributed by atoms with E-state index >= 15 is 0 Å². The lowest BCUT2D eigenvalue weighted by atomic mass is 9.77. The van der Waals surface area contributed by atoms with E-state index in [1.807, 2.05) is 80.5 Å². The first-order chi connectivity index (χ1) is 16.2. The minimum Gasteiger partial charge on any atom is -0.456 e. The van der Waals surface area contributed by atoms with E-state index in [9.17, 15) is 9.59 Å². The van der Waals surface area contributed by atoms with Crippen LogP contribution in [0.15, 0.2) is 54.6 Å². The van der Waals surface area contributed by atoms with Gasteiger partial charge in [-0.3, -0.25) is 4.79 Å². The Hall–Kier alpha value is -3.52. The number of carbonyl (C=O) groups excluding carboxylic acids is 2. The zero-order valence-corrected chi connectivity index (χ0v) is 20.9. The molecule has 0 saturated carbocycles. The lowest BCUT2D eigenvalue weighted by Gasteiger charge is -2.37. The molecular formula is C26H24BrN3O4. The molecule has 1 amide bonds. The molecule has 0 aromatic heterocycles. The first-order valence-corrected chi connectivity index (χ1v) is 11.9. The van der Waals surface area contributed by atoms with E-state index in [1.165, 1.54) is 0 Å². The molecule has 0 saturated heterocycles. The van der Waals surface area contributed by atoms with Gasteiger partial charge in [-0.1, -0.05) is 22.0 Å². The highest BCUT2D eigenvalue weighted by Crippen LogP contribution is 2.57. The summed E-state index contributed by atoms with van der Waals surface area (Å²) in [6, 6.07) is 17.1. The summed E-state index contributed by atoms with van der Waals surface area (Å²) in [5.74, 6) is 0.617. The first-order valence-electron chi connectivity index (χ1n) is 10.8. The van der Waals surface area contributed by atoms with Crippen LogP contribution in [0.1, 0.15) is 27.0 Å². The van der Waals surface area contributed by atoms with Crippen LogP contribution in [0, 0.1) is 0 Å². The fourth-order valence-corrected chi connectivity index (χ4v) is 4.67. The van der Waals surface area contributed by atoms with E-state index in [4.69, 9.17) is 9.47 Å². The molecule has 0 atom stereocenters. The molecule has 0 unspecified atom stereocenters. The minimum absolute atomic E-state index is 0.166. The molecular weight excluding hydrogens is 498 g/mol. The number of amides is 1. The van der Waals surface area contributed by atoms with Crippen molar-refractivity contribution >= 4 is 44.9 Å². The molecule has 0 radical (unpaired) electrons.